The minimum atomic E-state index is 0.201. The van der Waals surface area contributed by atoms with Crippen molar-refractivity contribution in [2.24, 2.45) is 0 Å². The standard InChI is InChI=1S/C16H13NO3/c18-11-3-9-1-2-17-7-10-4-14-15(20-8-19-14)6-12(10)13(5-11)16(9)17/h3-7,13,16H,1-2,8H2/p+1/t13-,16?/m0/s1. The van der Waals surface area contributed by atoms with Crippen LogP contribution in [0.3, 0.4) is 0 Å². The van der Waals surface area contributed by atoms with E-state index in [-0.39, 0.29) is 5.92 Å². The quantitative estimate of drug-likeness (QED) is 0.733. The Morgan fingerprint density at radius 2 is 2.05 bits per heavy atom. The summed E-state index contributed by atoms with van der Waals surface area (Å²) in [4.78, 5) is 0. The van der Waals surface area contributed by atoms with Crippen LogP contribution in [0.4, 0.5) is 0 Å². The number of fused-ring (bicyclic) bond motifs is 3. The van der Waals surface area contributed by atoms with Gasteiger partial charge in [0.15, 0.2) is 23.8 Å². The minimum Gasteiger partial charge on any atom is -0.508 e. The van der Waals surface area contributed by atoms with E-state index in [1.807, 2.05) is 12.2 Å². The first-order valence-electron chi connectivity index (χ1n) is 6.95. The lowest BCUT2D eigenvalue weighted by Gasteiger charge is -2.27. The first-order chi connectivity index (χ1) is 9.79. The van der Waals surface area contributed by atoms with Gasteiger partial charge >= 0.3 is 0 Å². The van der Waals surface area contributed by atoms with Crippen molar-refractivity contribution in [3.63, 3.8) is 0 Å². The number of aliphatic hydroxyl groups excluding tert-OH is 1. The number of rotatable bonds is 0. The van der Waals surface area contributed by atoms with Crippen LogP contribution < -0.4 is 9.47 Å². The Balaban J connectivity index is 1.76. The number of benzene rings is 1. The second-order valence-electron chi connectivity index (χ2n) is 5.73. The lowest BCUT2D eigenvalue weighted by molar-refractivity contribution is -0.538. The highest BCUT2D eigenvalue weighted by atomic mass is 16.7. The van der Waals surface area contributed by atoms with E-state index in [2.05, 4.69) is 22.9 Å². The monoisotopic (exact) mass is 268 g/mol. The Bertz CT molecular complexity index is 729. The van der Waals surface area contributed by atoms with Crippen LogP contribution in [0, 0.1) is 0 Å². The summed E-state index contributed by atoms with van der Waals surface area (Å²) in [5.74, 6) is 2.21. The smallest absolute Gasteiger partial charge is 0.231 e. The lowest BCUT2D eigenvalue weighted by atomic mass is 9.80. The molecule has 2 atom stereocenters. The third kappa shape index (κ3) is 1.24. The Labute approximate surface area is 116 Å². The molecule has 4 nitrogen and oxygen atoms in total. The van der Waals surface area contributed by atoms with Crippen molar-refractivity contribution in [2.45, 2.75) is 18.4 Å². The van der Waals surface area contributed by atoms with Gasteiger partial charge in [0, 0.05) is 17.6 Å². The van der Waals surface area contributed by atoms with Gasteiger partial charge in [0.2, 0.25) is 6.79 Å². The molecule has 1 saturated heterocycles. The molecule has 1 fully saturated rings. The molecule has 0 aromatic heterocycles. The first kappa shape index (κ1) is 10.5. The second kappa shape index (κ2) is 3.45. The molecule has 1 N–H and O–H groups in total. The fourth-order valence-corrected chi connectivity index (χ4v) is 3.82. The predicted molar refractivity (Wildman–Crippen MR) is 72.8 cm³/mol. The van der Waals surface area contributed by atoms with Gasteiger partial charge in [0.05, 0.1) is 5.92 Å². The zero-order valence-corrected chi connectivity index (χ0v) is 10.9. The summed E-state index contributed by atoms with van der Waals surface area (Å²) in [6.45, 7) is 1.31. The predicted octanol–water partition coefficient (Wildman–Crippen LogP) is 2.10. The van der Waals surface area contributed by atoms with E-state index in [0.717, 1.165) is 24.5 Å². The van der Waals surface area contributed by atoms with Crippen LogP contribution in [-0.4, -0.2) is 35.3 Å². The molecule has 3 aliphatic heterocycles. The summed E-state index contributed by atoms with van der Waals surface area (Å²) < 4.78 is 13.3. The topological polar surface area (TPSA) is 41.7 Å². The average molecular weight is 268 g/mol. The lowest BCUT2D eigenvalue weighted by Crippen LogP contribution is -2.34. The van der Waals surface area contributed by atoms with Crippen molar-refractivity contribution in [3.8, 4) is 11.5 Å². The van der Waals surface area contributed by atoms with Crippen molar-refractivity contribution in [1.29, 1.82) is 0 Å². The number of allylic oxidation sites excluding steroid dienone is 1. The summed E-state index contributed by atoms with van der Waals surface area (Å²) in [6.07, 6.45) is 7.12. The average Bonchev–Trinajstić information content (AvgIpc) is 3.04. The van der Waals surface area contributed by atoms with E-state index < -0.39 is 0 Å². The van der Waals surface area contributed by atoms with Gasteiger partial charge in [-0.25, -0.2) is 4.58 Å². The fraction of sp³-hybridized carbons (Fsp3) is 0.312. The molecule has 0 amide bonds. The molecule has 4 aliphatic rings. The molecule has 4 heteroatoms. The highest BCUT2D eigenvalue weighted by Gasteiger charge is 2.45. The number of hydrogen-bond donors (Lipinski definition) is 1. The molecular formula is C16H14NO3+. The minimum absolute atomic E-state index is 0.201. The van der Waals surface area contributed by atoms with Crippen LogP contribution in [-0.2, 0) is 0 Å². The molecule has 0 radical (unpaired) electrons. The van der Waals surface area contributed by atoms with E-state index >= 15 is 0 Å². The summed E-state index contributed by atoms with van der Waals surface area (Å²) >= 11 is 0. The van der Waals surface area contributed by atoms with Gasteiger partial charge in [-0.05, 0) is 29.8 Å². The van der Waals surface area contributed by atoms with Crippen molar-refractivity contribution in [3.05, 3.63) is 46.7 Å². The van der Waals surface area contributed by atoms with E-state index in [4.69, 9.17) is 9.47 Å². The van der Waals surface area contributed by atoms with Crippen LogP contribution in [0.5, 0.6) is 11.5 Å². The molecule has 3 heterocycles. The van der Waals surface area contributed by atoms with Crippen LogP contribution in [0.1, 0.15) is 23.5 Å². The maximum absolute atomic E-state index is 9.99. The zero-order valence-electron chi connectivity index (χ0n) is 10.9. The normalized spacial score (nSPS) is 28.3. The molecule has 0 bridgehead atoms. The second-order valence-corrected chi connectivity index (χ2v) is 5.73. The van der Waals surface area contributed by atoms with Crippen molar-refractivity contribution in [2.75, 3.05) is 13.3 Å². The Morgan fingerprint density at radius 1 is 1.20 bits per heavy atom. The van der Waals surface area contributed by atoms with Gasteiger partial charge in [-0.15, -0.1) is 0 Å². The summed E-state index contributed by atoms with van der Waals surface area (Å²) in [5.41, 5.74) is 3.71. The van der Waals surface area contributed by atoms with E-state index in [1.54, 1.807) is 0 Å². The van der Waals surface area contributed by atoms with Crippen LogP contribution in [0.15, 0.2) is 35.6 Å². The molecule has 5 rings (SSSR count). The number of nitrogens with zero attached hydrogens (tertiary/aromatic N) is 1. The Hall–Kier alpha value is -2.23. The molecule has 1 aliphatic carbocycles. The first-order valence-corrected chi connectivity index (χ1v) is 6.95. The molecule has 0 spiro atoms. The van der Waals surface area contributed by atoms with Crippen molar-refractivity contribution < 1.29 is 19.2 Å². The molecule has 1 aromatic carbocycles. The highest BCUT2D eigenvalue weighted by molar-refractivity contribution is 5.82. The molecule has 1 unspecified atom stereocenters. The third-order valence-electron chi connectivity index (χ3n) is 4.66. The summed E-state index contributed by atoms with van der Waals surface area (Å²) in [7, 11) is 0. The summed E-state index contributed by atoms with van der Waals surface area (Å²) in [5, 5.41) is 9.99. The highest BCUT2D eigenvalue weighted by Crippen LogP contribution is 2.45. The van der Waals surface area contributed by atoms with E-state index in [1.165, 1.54) is 16.7 Å². The Morgan fingerprint density at radius 3 is 2.95 bits per heavy atom. The molecule has 1 aromatic rings. The SMILES string of the molecule is OC1=C[C@H]2c3cc4c(cc3C=[N+]3CCC(=C1)C23)OCO4. The number of hydrogen-bond acceptors (Lipinski definition) is 3. The van der Waals surface area contributed by atoms with Gasteiger partial charge in [0.1, 0.15) is 12.3 Å². The van der Waals surface area contributed by atoms with Gasteiger partial charge in [-0.2, -0.15) is 0 Å². The molecule has 0 saturated carbocycles. The van der Waals surface area contributed by atoms with Gasteiger partial charge in [0.25, 0.3) is 0 Å². The fourth-order valence-electron chi connectivity index (χ4n) is 3.82. The van der Waals surface area contributed by atoms with Crippen LogP contribution in [0.25, 0.3) is 0 Å². The number of ether oxygens (including phenoxy) is 2. The maximum atomic E-state index is 9.99. The zero-order chi connectivity index (χ0) is 13.3. The van der Waals surface area contributed by atoms with Gasteiger partial charge in [-0.1, -0.05) is 0 Å². The maximum Gasteiger partial charge on any atom is 0.231 e. The number of aliphatic hydroxyl groups is 1. The summed E-state index contributed by atoms with van der Waals surface area (Å²) in [6, 6.07) is 4.48. The van der Waals surface area contributed by atoms with E-state index in [0.29, 0.717) is 18.6 Å². The van der Waals surface area contributed by atoms with Crippen LogP contribution in [0.2, 0.25) is 0 Å². The van der Waals surface area contributed by atoms with Crippen molar-refractivity contribution in [1.82, 2.24) is 0 Å². The largest absolute Gasteiger partial charge is 0.508 e. The van der Waals surface area contributed by atoms with Gasteiger partial charge < -0.3 is 14.6 Å². The molecule has 20 heavy (non-hydrogen) atoms. The third-order valence-corrected chi connectivity index (χ3v) is 4.66. The molecular weight excluding hydrogens is 254 g/mol. The van der Waals surface area contributed by atoms with E-state index in [9.17, 15) is 5.11 Å². The Kier molecular flexibility index (Phi) is 1.82. The van der Waals surface area contributed by atoms with Gasteiger partial charge in [-0.3, -0.25) is 0 Å². The van der Waals surface area contributed by atoms with Crippen LogP contribution >= 0.6 is 0 Å². The van der Waals surface area contributed by atoms with Crippen molar-refractivity contribution >= 4 is 6.21 Å². The molecule has 100 valence electrons.